The van der Waals surface area contributed by atoms with E-state index in [9.17, 15) is 0 Å². The minimum absolute atomic E-state index is 0.945. The second-order valence-corrected chi connectivity index (χ2v) is 2.43. The van der Waals surface area contributed by atoms with Crippen LogP contribution in [0, 0.1) is 12.3 Å². The molecule has 0 rings (SSSR count). The van der Waals surface area contributed by atoms with E-state index in [0.29, 0.717) is 0 Å². The molecule has 0 saturated carbocycles. The van der Waals surface area contributed by atoms with Gasteiger partial charge in [0.15, 0.2) is 0 Å². The number of hydrogen-bond donors (Lipinski definition) is 0. The standard InChI is InChI=1S/C10H14/c1-5-10(6-2)8-7-9(3)4/h1,7-8H,6H2,2-4H3. The Balaban J connectivity index is 4.17. The second kappa shape index (κ2) is 4.88. The summed E-state index contributed by atoms with van der Waals surface area (Å²) in [5, 5.41) is 0. The third-order valence-electron chi connectivity index (χ3n) is 1.18. The highest BCUT2D eigenvalue weighted by atomic mass is 13.9. The molecule has 0 aliphatic heterocycles. The zero-order valence-electron chi connectivity index (χ0n) is 6.94. The van der Waals surface area contributed by atoms with Crippen LogP contribution in [-0.2, 0) is 0 Å². The lowest BCUT2D eigenvalue weighted by Crippen LogP contribution is -1.72. The van der Waals surface area contributed by atoms with Gasteiger partial charge in [-0.2, -0.15) is 0 Å². The Bertz CT molecular complexity index is 183. The van der Waals surface area contributed by atoms with Gasteiger partial charge in [0.2, 0.25) is 0 Å². The summed E-state index contributed by atoms with van der Waals surface area (Å²) in [6.07, 6.45) is 10.2. The predicted molar refractivity (Wildman–Crippen MR) is 46.6 cm³/mol. The third-order valence-corrected chi connectivity index (χ3v) is 1.18. The largest absolute Gasteiger partial charge is 0.115 e. The number of rotatable bonds is 2. The van der Waals surface area contributed by atoms with Crippen LogP contribution in [0.5, 0.6) is 0 Å². The van der Waals surface area contributed by atoms with E-state index in [-0.39, 0.29) is 0 Å². The predicted octanol–water partition coefficient (Wildman–Crippen LogP) is 2.92. The van der Waals surface area contributed by atoms with E-state index in [4.69, 9.17) is 6.42 Å². The monoisotopic (exact) mass is 134 g/mol. The van der Waals surface area contributed by atoms with E-state index in [2.05, 4.69) is 26.7 Å². The van der Waals surface area contributed by atoms with Gasteiger partial charge in [-0.1, -0.05) is 30.6 Å². The molecule has 0 spiro atoms. The van der Waals surface area contributed by atoms with E-state index >= 15 is 0 Å². The lowest BCUT2D eigenvalue weighted by molar-refractivity contribution is 1.16. The van der Waals surface area contributed by atoms with Crippen LogP contribution in [0.4, 0.5) is 0 Å². The van der Waals surface area contributed by atoms with Gasteiger partial charge in [0.1, 0.15) is 0 Å². The van der Waals surface area contributed by atoms with Gasteiger partial charge in [0, 0.05) is 5.57 Å². The molecule has 0 bridgehead atoms. The zero-order chi connectivity index (χ0) is 7.98. The summed E-state index contributed by atoms with van der Waals surface area (Å²) < 4.78 is 0. The van der Waals surface area contributed by atoms with Gasteiger partial charge >= 0.3 is 0 Å². The molecule has 0 fully saturated rings. The van der Waals surface area contributed by atoms with E-state index in [1.54, 1.807) is 0 Å². The fourth-order valence-electron chi connectivity index (χ4n) is 0.535. The third kappa shape index (κ3) is 3.97. The lowest BCUT2D eigenvalue weighted by Gasteiger charge is -1.89. The fourth-order valence-corrected chi connectivity index (χ4v) is 0.535. The van der Waals surface area contributed by atoms with Crippen LogP contribution >= 0.6 is 0 Å². The average molecular weight is 134 g/mol. The molecule has 0 nitrogen and oxygen atoms in total. The van der Waals surface area contributed by atoms with Gasteiger partial charge in [-0.3, -0.25) is 0 Å². The Hall–Kier alpha value is -0.960. The van der Waals surface area contributed by atoms with Gasteiger partial charge < -0.3 is 0 Å². The summed E-state index contributed by atoms with van der Waals surface area (Å²) >= 11 is 0. The van der Waals surface area contributed by atoms with Crippen LogP contribution in [0.25, 0.3) is 0 Å². The first kappa shape index (κ1) is 9.04. The van der Waals surface area contributed by atoms with Crippen molar-refractivity contribution < 1.29 is 0 Å². The normalized spacial score (nSPS) is 10.4. The smallest absolute Gasteiger partial charge is 0.00148 e. The number of terminal acetylenes is 1. The molecule has 0 heteroatoms. The Kier molecular flexibility index (Phi) is 4.41. The molecule has 0 aromatic carbocycles. The van der Waals surface area contributed by atoms with Crippen LogP contribution in [0.2, 0.25) is 0 Å². The summed E-state index contributed by atoms with van der Waals surface area (Å²) in [5.41, 5.74) is 2.34. The number of allylic oxidation sites excluding steroid dienone is 4. The molecule has 0 unspecified atom stereocenters. The first-order chi connectivity index (χ1) is 4.70. The van der Waals surface area contributed by atoms with E-state index in [0.717, 1.165) is 12.0 Å². The topological polar surface area (TPSA) is 0 Å². The molecular formula is C10H14. The van der Waals surface area contributed by atoms with Gasteiger partial charge in [-0.05, 0) is 20.3 Å². The summed E-state index contributed by atoms with van der Waals surface area (Å²) in [7, 11) is 0. The minimum atomic E-state index is 0.945. The number of hydrogen-bond acceptors (Lipinski definition) is 0. The summed E-state index contributed by atoms with van der Waals surface area (Å²) in [4.78, 5) is 0. The molecule has 0 saturated heterocycles. The fraction of sp³-hybridized carbons (Fsp3) is 0.400. The van der Waals surface area contributed by atoms with Crippen molar-refractivity contribution in [2.45, 2.75) is 27.2 Å². The lowest BCUT2D eigenvalue weighted by atomic mass is 10.2. The van der Waals surface area contributed by atoms with Gasteiger partial charge in [-0.25, -0.2) is 0 Å². The molecule has 10 heavy (non-hydrogen) atoms. The molecular weight excluding hydrogens is 120 g/mol. The maximum Gasteiger partial charge on any atom is 0.00148 e. The average Bonchev–Trinajstić information content (AvgIpc) is 1.90. The van der Waals surface area contributed by atoms with Crippen LogP contribution in [0.3, 0.4) is 0 Å². The van der Waals surface area contributed by atoms with Crippen molar-refractivity contribution in [2.75, 3.05) is 0 Å². The van der Waals surface area contributed by atoms with Crippen LogP contribution in [0.15, 0.2) is 23.3 Å². The Morgan fingerprint density at radius 2 is 2.00 bits per heavy atom. The maximum absolute atomic E-state index is 5.22. The molecule has 0 aliphatic carbocycles. The zero-order valence-corrected chi connectivity index (χ0v) is 6.94. The second-order valence-electron chi connectivity index (χ2n) is 2.43. The highest BCUT2D eigenvalue weighted by molar-refractivity contribution is 5.29. The minimum Gasteiger partial charge on any atom is -0.115 e. The van der Waals surface area contributed by atoms with Crippen molar-refractivity contribution in [3.05, 3.63) is 23.3 Å². The molecule has 0 aromatic heterocycles. The highest BCUT2D eigenvalue weighted by Crippen LogP contribution is 1.99. The van der Waals surface area contributed by atoms with Crippen molar-refractivity contribution >= 4 is 0 Å². The molecule has 0 aliphatic rings. The molecule has 0 aromatic rings. The molecule has 54 valence electrons. The quantitative estimate of drug-likeness (QED) is 0.402. The molecule has 0 heterocycles. The Morgan fingerprint density at radius 1 is 1.40 bits per heavy atom. The SMILES string of the molecule is C#CC(=CC=C(C)C)CC. The summed E-state index contributed by atoms with van der Waals surface area (Å²) in [5.74, 6) is 2.62. The van der Waals surface area contributed by atoms with Crippen LogP contribution < -0.4 is 0 Å². The highest BCUT2D eigenvalue weighted by Gasteiger charge is 1.82. The summed E-state index contributed by atoms with van der Waals surface area (Å²) in [6.45, 7) is 6.17. The van der Waals surface area contributed by atoms with Gasteiger partial charge in [-0.15, -0.1) is 6.42 Å². The maximum atomic E-state index is 5.22. The molecule has 0 amide bonds. The Labute approximate surface area is 63.6 Å². The van der Waals surface area contributed by atoms with E-state index < -0.39 is 0 Å². The van der Waals surface area contributed by atoms with E-state index in [1.165, 1.54) is 5.57 Å². The van der Waals surface area contributed by atoms with Crippen molar-refractivity contribution in [2.24, 2.45) is 0 Å². The van der Waals surface area contributed by atoms with Crippen molar-refractivity contribution in [1.29, 1.82) is 0 Å². The Morgan fingerprint density at radius 3 is 2.30 bits per heavy atom. The van der Waals surface area contributed by atoms with Crippen LogP contribution in [0.1, 0.15) is 27.2 Å². The molecule has 0 N–H and O–H groups in total. The summed E-state index contributed by atoms with van der Waals surface area (Å²) in [6, 6.07) is 0. The van der Waals surface area contributed by atoms with Crippen molar-refractivity contribution in [1.82, 2.24) is 0 Å². The van der Waals surface area contributed by atoms with Gasteiger partial charge in [0.05, 0.1) is 0 Å². The first-order valence-corrected chi connectivity index (χ1v) is 3.51. The molecule has 0 radical (unpaired) electrons. The van der Waals surface area contributed by atoms with Crippen molar-refractivity contribution in [3.8, 4) is 12.3 Å². The van der Waals surface area contributed by atoms with E-state index in [1.807, 2.05) is 12.2 Å². The first-order valence-electron chi connectivity index (χ1n) is 3.51. The molecule has 0 atom stereocenters. The van der Waals surface area contributed by atoms with Crippen molar-refractivity contribution in [3.63, 3.8) is 0 Å². The van der Waals surface area contributed by atoms with Crippen LogP contribution in [-0.4, -0.2) is 0 Å². The van der Waals surface area contributed by atoms with Gasteiger partial charge in [0.25, 0.3) is 0 Å².